The molecule has 0 heterocycles. The number of rotatable bonds is 4. The number of nitrogens with one attached hydrogen (secondary N) is 1. The fourth-order valence-corrected chi connectivity index (χ4v) is 1.90. The van der Waals surface area contributed by atoms with Gasteiger partial charge in [0.1, 0.15) is 0 Å². The van der Waals surface area contributed by atoms with E-state index >= 15 is 0 Å². The molecule has 3 N–H and O–H groups in total. The van der Waals surface area contributed by atoms with Crippen molar-refractivity contribution in [1.82, 2.24) is 5.32 Å². The van der Waals surface area contributed by atoms with E-state index < -0.39 is 6.04 Å². The Morgan fingerprint density at radius 2 is 1.84 bits per heavy atom. The van der Waals surface area contributed by atoms with Crippen molar-refractivity contribution >= 4 is 17.5 Å². The lowest BCUT2D eigenvalue weighted by Crippen LogP contribution is -2.49. The maximum Gasteiger partial charge on any atom is 0.237 e. The number of hydrogen-bond acceptors (Lipinski definition) is 2. The van der Waals surface area contributed by atoms with Gasteiger partial charge in [-0.15, -0.1) is 0 Å². The zero-order chi connectivity index (χ0) is 14.6. The van der Waals surface area contributed by atoms with Gasteiger partial charge >= 0.3 is 0 Å². The van der Waals surface area contributed by atoms with Crippen molar-refractivity contribution < 1.29 is 4.79 Å². The molecule has 2 atom stereocenters. The smallest absolute Gasteiger partial charge is 0.237 e. The summed E-state index contributed by atoms with van der Waals surface area (Å²) in [5, 5.41) is 3.69. The van der Waals surface area contributed by atoms with Crippen molar-refractivity contribution in [3.8, 4) is 0 Å². The molecule has 0 aliphatic heterocycles. The zero-order valence-electron chi connectivity index (χ0n) is 12.0. The van der Waals surface area contributed by atoms with Crippen molar-refractivity contribution in [2.75, 3.05) is 0 Å². The van der Waals surface area contributed by atoms with Crippen LogP contribution in [0.5, 0.6) is 0 Å². The van der Waals surface area contributed by atoms with Gasteiger partial charge in [0.25, 0.3) is 0 Å². The molecule has 1 rings (SSSR count). The number of benzene rings is 1. The molecule has 1 aromatic carbocycles. The lowest BCUT2D eigenvalue weighted by Gasteiger charge is -2.28. The van der Waals surface area contributed by atoms with Gasteiger partial charge in [-0.05, 0) is 29.5 Å². The highest BCUT2D eigenvalue weighted by atomic mass is 35.5. The van der Waals surface area contributed by atoms with Crippen LogP contribution in [-0.4, -0.2) is 11.9 Å². The van der Waals surface area contributed by atoms with Crippen LogP contribution >= 0.6 is 11.6 Å². The van der Waals surface area contributed by atoms with Crippen molar-refractivity contribution in [2.24, 2.45) is 11.1 Å². The van der Waals surface area contributed by atoms with Gasteiger partial charge in [0.05, 0.1) is 12.1 Å². The maximum atomic E-state index is 12.1. The van der Waals surface area contributed by atoms with Gasteiger partial charge in [0.15, 0.2) is 0 Å². The van der Waals surface area contributed by atoms with Gasteiger partial charge in [-0.3, -0.25) is 4.79 Å². The summed E-state index contributed by atoms with van der Waals surface area (Å²) >= 11 is 5.87. The molecule has 0 spiro atoms. The molecule has 3 nitrogen and oxygen atoms in total. The molecule has 1 amide bonds. The lowest BCUT2D eigenvalue weighted by molar-refractivity contribution is -0.125. The Morgan fingerprint density at radius 3 is 2.26 bits per heavy atom. The number of hydrogen-bond donors (Lipinski definition) is 2. The maximum absolute atomic E-state index is 12.1. The second-order valence-electron chi connectivity index (χ2n) is 5.86. The predicted octanol–water partition coefficient (Wildman–Crippen LogP) is 3.28. The second kappa shape index (κ2) is 6.40. The molecule has 0 bridgehead atoms. The Labute approximate surface area is 120 Å². The van der Waals surface area contributed by atoms with E-state index in [1.165, 1.54) is 0 Å². The Morgan fingerprint density at radius 1 is 1.32 bits per heavy atom. The summed E-state index contributed by atoms with van der Waals surface area (Å²) in [5.74, 6) is -0.116. The highest BCUT2D eigenvalue weighted by Gasteiger charge is 2.28. The molecule has 19 heavy (non-hydrogen) atoms. The van der Waals surface area contributed by atoms with Gasteiger partial charge in [-0.2, -0.15) is 0 Å². The zero-order valence-corrected chi connectivity index (χ0v) is 12.8. The van der Waals surface area contributed by atoms with Crippen LogP contribution in [0.15, 0.2) is 24.3 Å². The molecule has 0 aliphatic carbocycles. The number of halogens is 1. The molecule has 0 aromatic heterocycles. The molecule has 4 heteroatoms. The van der Waals surface area contributed by atoms with Gasteiger partial charge in [-0.1, -0.05) is 51.4 Å². The van der Waals surface area contributed by atoms with E-state index in [1.807, 2.05) is 52.0 Å². The topological polar surface area (TPSA) is 55.1 Å². The molecule has 1 unspecified atom stereocenters. The fourth-order valence-electron chi connectivity index (χ4n) is 1.77. The lowest BCUT2D eigenvalue weighted by atomic mass is 9.86. The minimum Gasteiger partial charge on any atom is -0.348 e. The average Bonchev–Trinajstić information content (AvgIpc) is 2.34. The van der Waals surface area contributed by atoms with Crippen LogP contribution in [0.2, 0.25) is 5.02 Å². The van der Waals surface area contributed by atoms with E-state index in [0.29, 0.717) is 5.02 Å². The van der Waals surface area contributed by atoms with Crippen LogP contribution < -0.4 is 11.1 Å². The van der Waals surface area contributed by atoms with E-state index in [1.54, 1.807) is 0 Å². The Bertz CT molecular complexity index is 423. The molecule has 0 aliphatic rings. The number of nitrogens with two attached hydrogens (primary N) is 1. The van der Waals surface area contributed by atoms with Gasteiger partial charge in [0.2, 0.25) is 5.91 Å². The molecular formula is C15H23ClN2O. The molecule has 0 radical (unpaired) electrons. The van der Waals surface area contributed by atoms with E-state index in [4.69, 9.17) is 17.3 Å². The van der Waals surface area contributed by atoms with Crippen LogP contribution in [0.3, 0.4) is 0 Å². The second-order valence-corrected chi connectivity index (χ2v) is 6.30. The fraction of sp³-hybridized carbons (Fsp3) is 0.533. The Kier molecular flexibility index (Phi) is 5.39. The van der Waals surface area contributed by atoms with Crippen LogP contribution in [0.1, 0.15) is 45.7 Å². The first-order valence-corrected chi connectivity index (χ1v) is 6.95. The third-order valence-corrected chi connectivity index (χ3v) is 3.46. The average molecular weight is 283 g/mol. The van der Waals surface area contributed by atoms with Crippen molar-refractivity contribution in [3.63, 3.8) is 0 Å². The molecule has 0 fully saturated rings. The summed E-state index contributed by atoms with van der Waals surface area (Å²) in [4.78, 5) is 12.1. The predicted molar refractivity (Wildman–Crippen MR) is 80.1 cm³/mol. The Hall–Kier alpha value is -1.06. The van der Waals surface area contributed by atoms with Crippen molar-refractivity contribution in [2.45, 2.75) is 46.2 Å². The Balaban J connectivity index is 2.78. The normalized spacial score (nSPS) is 14.8. The van der Waals surface area contributed by atoms with E-state index in [9.17, 15) is 4.79 Å². The largest absolute Gasteiger partial charge is 0.348 e. The first-order valence-electron chi connectivity index (χ1n) is 6.57. The quantitative estimate of drug-likeness (QED) is 0.890. The first kappa shape index (κ1) is 16.0. The minimum absolute atomic E-state index is 0.0295. The third kappa shape index (κ3) is 4.51. The minimum atomic E-state index is -0.520. The van der Waals surface area contributed by atoms with Crippen LogP contribution in [0.4, 0.5) is 0 Å². The summed E-state index contributed by atoms with van der Waals surface area (Å²) < 4.78 is 0. The van der Waals surface area contributed by atoms with E-state index in [-0.39, 0.29) is 17.4 Å². The molecule has 1 aromatic rings. The summed E-state index contributed by atoms with van der Waals surface area (Å²) in [5.41, 5.74) is 6.76. The molecule has 106 valence electrons. The van der Waals surface area contributed by atoms with Gasteiger partial charge in [-0.25, -0.2) is 0 Å². The number of carbonyl (C=O) groups excluding carboxylic acids is 1. The SMILES string of the molecule is CCC(NC(=O)[C@@H](N)C(C)(C)C)c1ccc(Cl)cc1. The first-order chi connectivity index (χ1) is 8.75. The van der Waals surface area contributed by atoms with E-state index in [0.717, 1.165) is 12.0 Å². The van der Waals surface area contributed by atoms with Crippen LogP contribution in [-0.2, 0) is 4.79 Å². The van der Waals surface area contributed by atoms with Crippen molar-refractivity contribution in [3.05, 3.63) is 34.9 Å². The molecular weight excluding hydrogens is 260 g/mol. The van der Waals surface area contributed by atoms with Crippen molar-refractivity contribution in [1.29, 1.82) is 0 Å². The van der Waals surface area contributed by atoms with Crippen LogP contribution in [0, 0.1) is 5.41 Å². The van der Waals surface area contributed by atoms with Gasteiger partial charge in [0, 0.05) is 5.02 Å². The van der Waals surface area contributed by atoms with Gasteiger partial charge < -0.3 is 11.1 Å². The third-order valence-electron chi connectivity index (χ3n) is 3.21. The summed E-state index contributed by atoms with van der Waals surface area (Å²) in [6.45, 7) is 7.91. The number of amides is 1. The summed E-state index contributed by atoms with van der Waals surface area (Å²) in [6, 6.07) is 6.97. The van der Waals surface area contributed by atoms with Crippen LogP contribution in [0.25, 0.3) is 0 Å². The highest BCUT2D eigenvalue weighted by Crippen LogP contribution is 2.21. The van der Waals surface area contributed by atoms with E-state index in [2.05, 4.69) is 5.32 Å². The standard InChI is InChI=1S/C15H23ClN2O/c1-5-12(10-6-8-11(16)9-7-10)18-14(19)13(17)15(2,3)4/h6-9,12-13H,5,17H2,1-4H3,(H,18,19)/t12?,13-/m1/s1. The molecule has 0 saturated carbocycles. The highest BCUT2D eigenvalue weighted by molar-refractivity contribution is 6.30. The molecule has 0 saturated heterocycles. The number of carbonyl (C=O) groups is 1. The summed E-state index contributed by atoms with van der Waals surface area (Å²) in [7, 11) is 0. The monoisotopic (exact) mass is 282 g/mol. The summed E-state index contributed by atoms with van der Waals surface area (Å²) in [6.07, 6.45) is 0.810.